The van der Waals surface area contributed by atoms with Gasteiger partial charge < -0.3 is 14.2 Å². The highest BCUT2D eigenvalue weighted by Crippen LogP contribution is 2.39. The lowest BCUT2D eigenvalue weighted by Gasteiger charge is -2.31. The SMILES string of the molecule is COC[C@@H]1CC[C@@H](c2ncc(CCC(=O)OC)s2)N1C(=O)OC(C)(C)C. The molecular formula is C18H28N2O5S. The molecule has 1 aliphatic rings. The first-order valence-corrected chi connectivity index (χ1v) is 9.58. The van der Waals surface area contributed by atoms with E-state index in [0.29, 0.717) is 19.4 Å². The van der Waals surface area contributed by atoms with Gasteiger partial charge in [0.1, 0.15) is 10.6 Å². The monoisotopic (exact) mass is 384 g/mol. The van der Waals surface area contributed by atoms with Crippen molar-refractivity contribution in [3.8, 4) is 0 Å². The molecule has 2 heterocycles. The molecule has 0 aliphatic carbocycles. The zero-order valence-electron chi connectivity index (χ0n) is 16.1. The van der Waals surface area contributed by atoms with Crippen molar-refractivity contribution < 1.29 is 23.8 Å². The molecule has 1 aromatic rings. The smallest absolute Gasteiger partial charge is 0.411 e. The summed E-state index contributed by atoms with van der Waals surface area (Å²) < 4.78 is 15.6. The number of nitrogens with zero attached hydrogens (tertiary/aromatic N) is 2. The van der Waals surface area contributed by atoms with E-state index in [1.54, 1.807) is 18.2 Å². The van der Waals surface area contributed by atoms with Crippen LogP contribution >= 0.6 is 11.3 Å². The normalized spacial score (nSPS) is 20.3. The van der Waals surface area contributed by atoms with Crippen LogP contribution in [-0.4, -0.2) is 54.4 Å². The Morgan fingerprint density at radius 1 is 1.31 bits per heavy atom. The van der Waals surface area contributed by atoms with Gasteiger partial charge in [-0.15, -0.1) is 11.3 Å². The van der Waals surface area contributed by atoms with Crippen LogP contribution < -0.4 is 0 Å². The molecule has 0 saturated carbocycles. The van der Waals surface area contributed by atoms with Gasteiger partial charge in [0, 0.05) is 18.2 Å². The largest absolute Gasteiger partial charge is 0.469 e. The lowest BCUT2D eigenvalue weighted by molar-refractivity contribution is -0.140. The number of carbonyl (C=O) groups is 2. The molecule has 0 radical (unpaired) electrons. The van der Waals surface area contributed by atoms with Crippen molar-refractivity contribution in [3.63, 3.8) is 0 Å². The van der Waals surface area contributed by atoms with E-state index in [2.05, 4.69) is 9.72 Å². The molecule has 0 unspecified atom stereocenters. The van der Waals surface area contributed by atoms with Gasteiger partial charge >= 0.3 is 12.1 Å². The number of likely N-dealkylation sites (tertiary alicyclic amines) is 1. The Hall–Kier alpha value is -1.67. The number of methoxy groups -OCH3 is 2. The summed E-state index contributed by atoms with van der Waals surface area (Å²) in [6, 6.07) is -0.149. The van der Waals surface area contributed by atoms with E-state index in [9.17, 15) is 9.59 Å². The molecule has 146 valence electrons. The molecule has 26 heavy (non-hydrogen) atoms. The Labute approximate surface area is 158 Å². The van der Waals surface area contributed by atoms with Crippen LogP contribution in [0.25, 0.3) is 0 Å². The lowest BCUT2D eigenvalue weighted by Crippen LogP contribution is -2.42. The summed E-state index contributed by atoms with van der Waals surface area (Å²) in [6.07, 6.45) is 4.01. The van der Waals surface area contributed by atoms with E-state index in [-0.39, 0.29) is 24.1 Å². The minimum absolute atomic E-state index is 0.0257. The molecular weight excluding hydrogens is 356 g/mol. The third-order valence-corrected chi connectivity index (χ3v) is 5.28. The van der Waals surface area contributed by atoms with Crippen LogP contribution in [0.3, 0.4) is 0 Å². The van der Waals surface area contributed by atoms with Crippen molar-refractivity contribution in [2.75, 3.05) is 20.8 Å². The molecule has 1 fully saturated rings. The number of aryl methyl sites for hydroxylation is 1. The van der Waals surface area contributed by atoms with Gasteiger partial charge in [0.15, 0.2) is 0 Å². The Kier molecular flexibility index (Phi) is 7.00. The van der Waals surface area contributed by atoms with Gasteiger partial charge in [-0.25, -0.2) is 9.78 Å². The van der Waals surface area contributed by atoms with Crippen LogP contribution in [0.2, 0.25) is 0 Å². The minimum atomic E-state index is -0.559. The van der Waals surface area contributed by atoms with Crippen LogP contribution in [-0.2, 0) is 25.4 Å². The zero-order valence-corrected chi connectivity index (χ0v) is 16.9. The molecule has 0 N–H and O–H groups in total. The van der Waals surface area contributed by atoms with E-state index >= 15 is 0 Å². The highest BCUT2D eigenvalue weighted by Gasteiger charge is 2.41. The summed E-state index contributed by atoms with van der Waals surface area (Å²) in [6.45, 7) is 6.04. The lowest BCUT2D eigenvalue weighted by atomic mass is 10.2. The topological polar surface area (TPSA) is 78.0 Å². The molecule has 0 aromatic carbocycles. The number of thiazole rings is 1. The van der Waals surface area contributed by atoms with Crippen molar-refractivity contribution in [2.24, 2.45) is 0 Å². The molecule has 2 rings (SSSR count). The second-order valence-electron chi connectivity index (χ2n) is 7.33. The van der Waals surface area contributed by atoms with Gasteiger partial charge in [0.2, 0.25) is 0 Å². The molecule has 0 spiro atoms. The first-order valence-electron chi connectivity index (χ1n) is 8.77. The van der Waals surface area contributed by atoms with E-state index in [4.69, 9.17) is 9.47 Å². The Balaban J connectivity index is 2.14. The standard InChI is InChI=1S/C18H28N2O5S/c1-18(2,3)25-17(22)20-12(11-23-4)6-8-14(20)16-19-10-13(26-16)7-9-15(21)24-5/h10,12,14H,6-9,11H2,1-5H3/t12-,14-/m0/s1. The molecule has 0 bridgehead atoms. The summed E-state index contributed by atoms with van der Waals surface area (Å²) in [5.74, 6) is -0.239. The first-order chi connectivity index (χ1) is 12.2. The molecule has 1 aromatic heterocycles. The number of esters is 1. The number of aromatic nitrogens is 1. The van der Waals surface area contributed by atoms with Crippen molar-refractivity contribution in [1.29, 1.82) is 0 Å². The van der Waals surface area contributed by atoms with Crippen molar-refractivity contribution in [3.05, 3.63) is 16.1 Å². The number of rotatable bonds is 6. The van der Waals surface area contributed by atoms with E-state index in [1.807, 2.05) is 20.8 Å². The second kappa shape index (κ2) is 8.81. The second-order valence-corrected chi connectivity index (χ2v) is 8.48. The number of hydrogen-bond acceptors (Lipinski definition) is 7. The van der Waals surface area contributed by atoms with Crippen LogP contribution in [0.15, 0.2) is 6.20 Å². The third-order valence-electron chi connectivity index (χ3n) is 4.13. The Morgan fingerprint density at radius 3 is 2.65 bits per heavy atom. The van der Waals surface area contributed by atoms with Gasteiger partial charge in [-0.1, -0.05) is 0 Å². The van der Waals surface area contributed by atoms with E-state index in [0.717, 1.165) is 22.7 Å². The van der Waals surface area contributed by atoms with E-state index < -0.39 is 5.60 Å². The fourth-order valence-electron chi connectivity index (χ4n) is 2.99. The maximum absolute atomic E-state index is 12.8. The third kappa shape index (κ3) is 5.41. The summed E-state index contributed by atoms with van der Waals surface area (Å²) in [5, 5.41) is 0.870. The molecule has 1 saturated heterocycles. The predicted molar refractivity (Wildman–Crippen MR) is 98.2 cm³/mol. The fraction of sp³-hybridized carbons (Fsp3) is 0.722. The fourth-order valence-corrected chi connectivity index (χ4v) is 4.04. The minimum Gasteiger partial charge on any atom is -0.469 e. The molecule has 2 atom stereocenters. The Bertz CT molecular complexity index is 625. The Morgan fingerprint density at radius 2 is 2.04 bits per heavy atom. The van der Waals surface area contributed by atoms with Crippen LogP contribution in [0.1, 0.15) is 56.0 Å². The maximum Gasteiger partial charge on any atom is 0.411 e. The molecule has 7 nitrogen and oxygen atoms in total. The summed E-state index contributed by atoms with van der Waals surface area (Å²) in [7, 11) is 3.02. The van der Waals surface area contributed by atoms with E-state index in [1.165, 1.54) is 18.4 Å². The maximum atomic E-state index is 12.8. The zero-order chi connectivity index (χ0) is 19.3. The number of carbonyl (C=O) groups excluding carboxylic acids is 2. The first kappa shape index (κ1) is 20.6. The van der Waals surface area contributed by atoms with Crippen LogP contribution in [0, 0.1) is 0 Å². The average Bonchev–Trinajstić information content (AvgIpc) is 3.17. The summed E-state index contributed by atoms with van der Waals surface area (Å²) in [5.41, 5.74) is -0.559. The highest BCUT2D eigenvalue weighted by molar-refractivity contribution is 7.11. The van der Waals surface area contributed by atoms with Gasteiger partial charge in [-0.05, 0) is 40.0 Å². The van der Waals surface area contributed by atoms with Gasteiger partial charge in [0.05, 0.1) is 32.2 Å². The van der Waals surface area contributed by atoms with Crippen molar-refractivity contribution >= 4 is 23.4 Å². The average molecular weight is 384 g/mol. The summed E-state index contributed by atoms with van der Waals surface area (Å²) >= 11 is 1.53. The van der Waals surface area contributed by atoms with Crippen molar-refractivity contribution in [2.45, 2.75) is 64.1 Å². The number of ether oxygens (including phenoxy) is 3. The van der Waals surface area contributed by atoms with Crippen LogP contribution in [0.4, 0.5) is 4.79 Å². The van der Waals surface area contributed by atoms with Gasteiger partial charge in [0.25, 0.3) is 0 Å². The molecule has 1 amide bonds. The van der Waals surface area contributed by atoms with Gasteiger partial charge in [-0.3, -0.25) is 9.69 Å². The molecule has 1 aliphatic heterocycles. The van der Waals surface area contributed by atoms with Crippen molar-refractivity contribution in [1.82, 2.24) is 9.88 Å². The van der Waals surface area contributed by atoms with Gasteiger partial charge in [-0.2, -0.15) is 0 Å². The molecule has 8 heteroatoms. The summed E-state index contributed by atoms with van der Waals surface area (Å²) in [4.78, 5) is 31.3. The number of hydrogen-bond donors (Lipinski definition) is 0. The van der Waals surface area contributed by atoms with Crippen LogP contribution in [0.5, 0.6) is 0 Å². The highest BCUT2D eigenvalue weighted by atomic mass is 32.1. The quantitative estimate of drug-likeness (QED) is 0.700. The predicted octanol–water partition coefficient (Wildman–Crippen LogP) is 3.34. The number of amides is 1.